The first-order valence-corrected chi connectivity index (χ1v) is 11.0. The molecule has 2 fully saturated rings. The number of hydrogen-bond acceptors (Lipinski definition) is 5. The van der Waals surface area contributed by atoms with Crippen LogP contribution in [0.15, 0.2) is 35.1 Å². The molecule has 0 radical (unpaired) electrons. The Bertz CT molecular complexity index is 999. The summed E-state index contributed by atoms with van der Waals surface area (Å²) in [6, 6.07) is 9.83. The lowest BCUT2D eigenvalue weighted by atomic mass is 10.0. The van der Waals surface area contributed by atoms with Crippen molar-refractivity contribution in [2.45, 2.75) is 25.6 Å². The average Bonchev–Trinajstić information content (AvgIpc) is 2.95. The minimum absolute atomic E-state index is 0.000903. The molecule has 1 aromatic carbocycles. The largest absolute Gasteiger partial charge is 0.311 e. The Labute approximate surface area is 153 Å². The molecule has 0 amide bonds. The lowest BCUT2D eigenvalue weighted by molar-refractivity contribution is 0.0436. The number of pyridine rings is 1. The Morgan fingerprint density at radius 3 is 2.46 bits per heavy atom. The molecule has 2 atom stereocenters. The molecular formula is C19H25N3O3S. The van der Waals surface area contributed by atoms with E-state index in [4.69, 9.17) is 0 Å². The van der Waals surface area contributed by atoms with Crippen LogP contribution in [0.4, 0.5) is 0 Å². The summed E-state index contributed by atoms with van der Waals surface area (Å²) in [6.45, 7) is 5.09. The number of para-hydroxylation sites is 1. The zero-order chi connectivity index (χ0) is 18.5. The number of aryl methyl sites for hydroxylation is 1. The number of rotatable bonds is 3. The van der Waals surface area contributed by atoms with Gasteiger partial charge in [-0.3, -0.25) is 14.6 Å². The summed E-state index contributed by atoms with van der Waals surface area (Å²) in [5, 5.41) is 1.03. The zero-order valence-electron chi connectivity index (χ0n) is 15.3. The number of aromatic nitrogens is 1. The van der Waals surface area contributed by atoms with Crippen molar-refractivity contribution in [3.05, 3.63) is 46.2 Å². The summed E-state index contributed by atoms with van der Waals surface area (Å²) >= 11 is 0. The van der Waals surface area contributed by atoms with Crippen molar-refractivity contribution < 1.29 is 8.42 Å². The number of sulfone groups is 1. The minimum Gasteiger partial charge on any atom is -0.311 e. The molecule has 4 rings (SSSR count). The van der Waals surface area contributed by atoms with Crippen LogP contribution in [0, 0.1) is 0 Å². The van der Waals surface area contributed by atoms with E-state index in [-0.39, 0.29) is 29.1 Å². The fraction of sp³-hybridized carbons (Fsp3) is 0.526. The predicted molar refractivity (Wildman–Crippen MR) is 103 cm³/mol. The molecule has 2 aliphatic rings. The van der Waals surface area contributed by atoms with Crippen molar-refractivity contribution in [2.24, 2.45) is 7.05 Å². The standard InChI is InChI=1S/C19H25N3O3S/c1-3-21-8-9-22(18-13-26(24,25)12-17(18)21)11-15-10-14-6-4-5-7-16(14)20(2)19(15)23/h4-7,10,17-18H,3,8-9,11-13H2,1-2H3/t17-,18+/m1/s1. The summed E-state index contributed by atoms with van der Waals surface area (Å²) in [4.78, 5) is 17.3. The summed E-state index contributed by atoms with van der Waals surface area (Å²) in [7, 11) is -1.22. The van der Waals surface area contributed by atoms with Crippen LogP contribution in [0.2, 0.25) is 0 Å². The first-order chi connectivity index (χ1) is 12.4. The molecule has 3 heterocycles. The number of benzene rings is 1. The molecule has 2 aliphatic heterocycles. The van der Waals surface area contributed by atoms with Gasteiger partial charge in [-0.05, 0) is 24.1 Å². The van der Waals surface area contributed by atoms with E-state index < -0.39 is 9.84 Å². The van der Waals surface area contributed by atoms with Gasteiger partial charge in [-0.1, -0.05) is 25.1 Å². The normalized spacial score (nSPS) is 26.2. The third-order valence-electron chi connectivity index (χ3n) is 5.89. The Balaban J connectivity index is 1.68. The second-order valence-electron chi connectivity index (χ2n) is 7.40. The predicted octanol–water partition coefficient (Wildman–Crippen LogP) is 0.842. The fourth-order valence-electron chi connectivity index (χ4n) is 4.51. The highest BCUT2D eigenvalue weighted by Gasteiger charge is 2.46. The molecule has 2 saturated heterocycles. The van der Waals surface area contributed by atoms with Gasteiger partial charge in [0.1, 0.15) is 0 Å². The molecule has 0 spiro atoms. The van der Waals surface area contributed by atoms with Crippen molar-refractivity contribution in [3.8, 4) is 0 Å². The van der Waals surface area contributed by atoms with Crippen molar-refractivity contribution in [1.82, 2.24) is 14.4 Å². The molecule has 6 nitrogen and oxygen atoms in total. The molecule has 0 saturated carbocycles. The summed E-state index contributed by atoms with van der Waals surface area (Å²) in [5.74, 6) is 0.430. The number of fused-ring (bicyclic) bond motifs is 2. The van der Waals surface area contributed by atoms with Gasteiger partial charge in [-0.2, -0.15) is 0 Å². The van der Waals surface area contributed by atoms with E-state index in [0.717, 1.165) is 36.1 Å². The average molecular weight is 375 g/mol. The molecular weight excluding hydrogens is 350 g/mol. The molecule has 0 aliphatic carbocycles. The molecule has 0 bridgehead atoms. The first-order valence-electron chi connectivity index (χ1n) is 9.16. The van der Waals surface area contributed by atoms with E-state index >= 15 is 0 Å². The topological polar surface area (TPSA) is 62.6 Å². The van der Waals surface area contributed by atoms with Crippen LogP contribution in [0.5, 0.6) is 0 Å². The van der Waals surface area contributed by atoms with E-state index in [1.54, 1.807) is 11.6 Å². The van der Waals surface area contributed by atoms with Crippen molar-refractivity contribution in [2.75, 3.05) is 31.1 Å². The first kappa shape index (κ1) is 17.7. The highest BCUT2D eigenvalue weighted by molar-refractivity contribution is 7.91. The summed E-state index contributed by atoms with van der Waals surface area (Å²) in [6.07, 6.45) is 0. The van der Waals surface area contributed by atoms with Gasteiger partial charge in [0.2, 0.25) is 0 Å². The fourth-order valence-corrected chi connectivity index (χ4v) is 6.55. The summed E-state index contributed by atoms with van der Waals surface area (Å²) < 4.78 is 26.2. The van der Waals surface area contributed by atoms with E-state index in [1.807, 2.05) is 30.3 Å². The van der Waals surface area contributed by atoms with Crippen LogP contribution in [-0.2, 0) is 23.4 Å². The van der Waals surface area contributed by atoms with Crippen LogP contribution in [0.25, 0.3) is 10.9 Å². The second-order valence-corrected chi connectivity index (χ2v) is 9.56. The maximum Gasteiger partial charge on any atom is 0.255 e. The van der Waals surface area contributed by atoms with Crippen LogP contribution in [0.1, 0.15) is 12.5 Å². The number of nitrogens with zero attached hydrogens (tertiary/aromatic N) is 3. The van der Waals surface area contributed by atoms with E-state index in [9.17, 15) is 13.2 Å². The molecule has 26 heavy (non-hydrogen) atoms. The Morgan fingerprint density at radius 1 is 1.08 bits per heavy atom. The highest BCUT2D eigenvalue weighted by atomic mass is 32.2. The van der Waals surface area contributed by atoms with Gasteiger partial charge in [0.05, 0.1) is 17.0 Å². The second kappa shape index (κ2) is 6.48. The Kier molecular flexibility index (Phi) is 4.41. The van der Waals surface area contributed by atoms with E-state index in [1.165, 1.54) is 0 Å². The monoisotopic (exact) mass is 375 g/mol. The lowest BCUT2D eigenvalue weighted by Gasteiger charge is -2.43. The van der Waals surface area contributed by atoms with Crippen LogP contribution >= 0.6 is 0 Å². The molecule has 1 aromatic heterocycles. The van der Waals surface area contributed by atoms with Crippen molar-refractivity contribution in [3.63, 3.8) is 0 Å². The lowest BCUT2D eigenvalue weighted by Crippen LogP contribution is -2.58. The Hall–Kier alpha value is -1.70. The highest BCUT2D eigenvalue weighted by Crippen LogP contribution is 2.28. The minimum atomic E-state index is -3.02. The number of hydrogen-bond donors (Lipinski definition) is 0. The van der Waals surface area contributed by atoms with Gasteiger partial charge in [0.15, 0.2) is 9.84 Å². The van der Waals surface area contributed by atoms with Crippen LogP contribution in [-0.4, -0.2) is 66.0 Å². The number of piperazine rings is 1. The molecule has 2 aromatic rings. The van der Waals surface area contributed by atoms with E-state index in [0.29, 0.717) is 6.54 Å². The SMILES string of the molecule is CCN1CCN(Cc2cc3ccccc3n(C)c2=O)[C@H]2CS(=O)(=O)C[C@H]21. The maximum atomic E-state index is 12.8. The van der Waals surface area contributed by atoms with Crippen LogP contribution in [0.3, 0.4) is 0 Å². The maximum absolute atomic E-state index is 12.8. The number of likely N-dealkylation sites (N-methyl/N-ethyl adjacent to an activating group) is 1. The van der Waals surface area contributed by atoms with Gasteiger partial charge >= 0.3 is 0 Å². The third-order valence-corrected chi connectivity index (χ3v) is 7.59. The molecule has 0 N–H and O–H groups in total. The summed E-state index contributed by atoms with van der Waals surface area (Å²) in [5.41, 5.74) is 1.65. The molecule has 140 valence electrons. The van der Waals surface area contributed by atoms with Gasteiger partial charge in [0.25, 0.3) is 5.56 Å². The van der Waals surface area contributed by atoms with Gasteiger partial charge < -0.3 is 4.57 Å². The molecule has 7 heteroatoms. The van der Waals surface area contributed by atoms with Gasteiger partial charge in [-0.25, -0.2) is 8.42 Å². The van der Waals surface area contributed by atoms with Crippen LogP contribution < -0.4 is 5.56 Å². The Morgan fingerprint density at radius 2 is 1.73 bits per heavy atom. The third kappa shape index (κ3) is 2.98. The quantitative estimate of drug-likeness (QED) is 0.796. The van der Waals surface area contributed by atoms with Crippen molar-refractivity contribution >= 4 is 20.7 Å². The molecule has 0 unspecified atom stereocenters. The van der Waals surface area contributed by atoms with E-state index in [2.05, 4.69) is 16.7 Å². The van der Waals surface area contributed by atoms with Gasteiger partial charge in [-0.15, -0.1) is 0 Å². The van der Waals surface area contributed by atoms with Gasteiger partial charge in [0, 0.05) is 44.3 Å². The zero-order valence-corrected chi connectivity index (χ0v) is 16.1. The smallest absolute Gasteiger partial charge is 0.255 e. The van der Waals surface area contributed by atoms with Crippen molar-refractivity contribution in [1.29, 1.82) is 0 Å².